The van der Waals surface area contributed by atoms with Crippen LogP contribution >= 0.6 is 0 Å². The van der Waals surface area contributed by atoms with E-state index in [0.717, 1.165) is 29.9 Å². The van der Waals surface area contributed by atoms with Crippen LogP contribution < -0.4 is 5.32 Å². The van der Waals surface area contributed by atoms with E-state index in [-0.39, 0.29) is 0 Å². The first-order chi connectivity index (χ1) is 11.4. The highest BCUT2D eigenvalue weighted by atomic mass is 15.1. The molecule has 0 radical (unpaired) electrons. The van der Waals surface area contributed by atoms with Crippen molar-refractivity contribution in [1.29, 1.82) is 0 Å². The molecule has 0 spiro atoms. The van der Waals surface area contributed by atoms with Crippen molar-refractivity contribution in [2.75, 3.05) is 18.4 Å². The molecule has 0 atom stereocenters. The Labute approximate surface area is 136 Å². The van der Waals surface area contributed by atoms with Gasteiger partial charge in [0.2, 0.25) is 0 Å². The molecule has 1 fully saturated rings. The van der Waals surface area contributed by atoms with Crippen molar-refractivity contribution in [3.05, 3.63) is 59.8 Å². The third kappa shape index (κ3) is 3.37. The van der Waals surface area contributed by atoms with Crippen molar-refractivity contribution >= 4 is 16.9 Å². The number of pyridine rings is 1. The molecule has 2 aromatic heterocycles. The highest BCUT2D eigenvalue weighted by molar-refractivity contribution is 5.77. The Bertz CT molecular complexity index is 787. The van der Waals surface area contributed by atoms with Crippen molar-refractivity contribution in [2.45, 2.75) is 25.9 Å². The zero-order chi connectivity index (χ0) is 15.5. The molecule has 1 aromatic carbocycles. The Hall–Kier alpha value is -2.33. The summed E-state index contributed by atoms with van der Waals surface area (Å²) >= 11 is 0. The van der Waals surface area contributed by atoms with Crippen molar-refractivity contribution in [3.63, 3.8) is 0 Å². The van der Waals surface area contributed by atoms with Crippen molar-refractivity contribution < 1.29 is 0 Å². The maximum atomic E-state index is 4.58. The summed E-state index contributed by atoms with van der Waals surface area (Å²) in [6, 6.07) is 15.0. The molecule has 0 bridgehead atoms. The zero-order valence-corrected chi connectivity index (χ0v) is 13.3. The smallest absolute Gasteiger partial charge is 0.139 e. The van der Waals surface area contributed by atoms with E-state index in [1.54, 1.807) is 0 Å². The minimum absolute atomic E-state index is 0.799. The molecule has 0 amide bonds. The molecule has 4 heteroatoms. The maximum Gasteiger partial charge on any atom is 0.139 e. The summed E-state index contributed by atoms with van der Waals surface area (Å²) in [5, 5.41) is 4.56. The van der Waals surface area contributed by atoms with Crippen LogP contribution in [0.25, 0.3) is 11.0 Å². The van der Waals surface area contributed by atoms with E-state index in [0.29, 0.717) is 0 Å². The van der Waals surface area contributed by atoms with Gasteiger partial charge in [-0.1, -0.05) is 24.3 Å². The summed E-state index contributed by atoms with van der Waals surface area (Å²) in [6.07, 6.45) is 4.60. The van der Waals surface area contributed by atoms with E-state index in [4.69, 9.17) is 0 Å². The SMILES string of the molecule is c1cc(CNc2ccc3cc[nH]c3n2)cc(CN2CCCC2)c1. The molecule has 0 saturated carbocycles. The first-order valence-electron chi connectivity index (χ1n) is 8.35. The van der Waals surface area contributed by atoms with E-state index in [1.165, 1.54) is 37.1 Å². The third-order valence-electron chi connectivity index (χ3n) is 4.48. The van der Waals surface area contributed by atoms with Crippen LogP contribution in [0.2, 0.25) is 0 Å². The summed E-state index contributed by atoms with van der Waals surface area (Å²) in [7, 11) is 0. The van der Waals surface area contributed by atoms with E-state index in [9.17, 15) is 0 Å². The monoisotopic (exact) mass is 306 g/mol. The highest BCUT2D eigenvalue weighted by Crippen LogP contribution is 2.16. The summed E-state index contributed by atoms with van der Waals surface area (Å²) in [5.74, 6) is 0.907. The van der Waals surface area contributed by atoms with Gasteiger partial charge in [-0.05, 0) is 55.3 Å². The standard InChI is InChI=1S/C19H22N4/c1-2-11-23(10-1)14-16-5-3-4-15(12-16)13-21-18-7-6-17-8-9-20-19(17)22-18/h3-9,12H,1-2,10-11,13-14H2,(H2,20,21,22). The van der Waals surface area contributed by atoms with Gasteiger partial charge in [-0.3, -0.25) is 4.90 Å². The predicted octanol–water partition coefficient (Wildman–Crippen LogP) is 3.77. The van der Waals surface area contributed by atoms with Crippen molar-refractivity contribution in [2.24, 2.45) is 0 Å². The van der Waals surface area contributed by atoms with Gasteiger partial charge < -0.3 is 10.3 Å². The maximum absolute atomic E-state index is 4.58. The first kappa shape index (κ1) is 14.3. The molecule has 0 unspecified atom stereocenters. The molecular formula is C19H22N4. The number of benzene rings is 1. The number of nitrogens with one attached hydrogen (secondary N) is 2. The number of rotatable bonds is 5. The number of fused-ring (bicyclic) bond motifs is 1. The number of anilines is 1. The molecule has 1 aliphatic rings. The number of aromatic nitrogens is 2. The molecule has 118 valence electrons. The normalized spacial score (nSPS) is 15.3. The van der Waals surface area contributed by atoms with Crippen molar-refractivity contribution in [1.82, 2.24) is 14.9 Å². The van der Waals surface area contributed by atoms with Crippen LogP contribution in [0, 0.1) is 0 Å². The number of aromatic amines is 1. The lowest BCUT2D eigenvalue weighted by Gasteiger charge is -2.15. The number of nitrogens with zero attached hydrogens (tertiary/aromatic N) is 2. The van der Waals surface area contributed by atoms with Crippen LogP contribution in [0.15, 0.2) is 48.7 Å². The van der Waals surface area contributed by atoms with E-state index in [2.05, 4.69) is 50.5 Å². The van der Waals surface area contributed by atoms with Crippen LogP contribution in [0.4, 0.5) is 5.82 Å². The summed E-state index contributed by atoms with van der Waals surface area (Å²) in [4.78, 5) is 10.3. The molecule has 23 heavy (non-hydrogen) atoms. The Morgan fingerprint density at radius 1 is 1.04 bits per heavy atom. The topological polar surface area (TPSA) is 44.0 Å². The van der Waals surface area contributed by atoms with Crippen LogP contribution in [-0.4, -0.2) is 28.0 Å². The van der Waals surface area contributed by atoms with E-state index < -0.39 is 0 Å². The van der Waals surface area contributed by atoms with Crippen LogP contribution in [-0.2, 0) is 13.1 Å². The Morgan fingerprint density at radius 2 is 1.91 bits per heavy atom. The van der Waals surface area contributed by atoms with Crippen molar-refractivity contribution in [3.8, 4) is 0 Å². The Kier molecular flexibility index (Phi) is 3.99. The molecule has 1 saturated heterocycles. The second-order valence-electron chi connectivity index (χ2n) is 6.27. The van der Waals surface area contributed by atoms with Crippen LogP contribution in [0.5, 0.6) is 0 Å². The minimum Gasteiger partial charge on any atom is -0.366 e. The molecule has 2 N–H and O–H groups in total. The molecule has 3 heterocycles. The molecular weight excluding hydrogens is 284 g/mol. The fraction of sp³-hybridized carbons (Fsp3) is 0.316. The van der Waals surface area contributed by atoms with Gasteiger partial charge in [0.25, 0.3) is 0 Å². The Morgan fingerprint density at radius 3 is 2.83 bits per heavy atom. The lowest BCUT2D eigenvalue weighted by Crippen LogP contribution is -2.18. The summed E-state index contributed by atoms with van der Waals surface area (Å²) < 4.78 is 0. The zero-order valence-electron chi connectivity index (χ0n) is 13.3. The van der Waals surface area contributed by atoms with Crippen LogP contribution in [0.3, 0.4) is 0 Å². The van der Waals surface area contributed by atoms with E-state index in [1.807, 2.05) is 18.3 Å². The van der Waals surface area contributed by atoms with Gasteiger partial charge in [-0.25, -0.2) is 4.98 Å². The predicted molar refractivity (Wildman–Crippen MR) is 94.4 cm³/mol. The fourth-order valence-electron chi connectivity index (χ4n) is 3.26. The van der Waals surface area contributed by atoms with Gasteiger partial charge in [-0.2, -0.15) is 0 Å². The average molecular weight is 306 g/mol. The highest BCUT2D eigenvalue weighted by Gasteiger charge is 2.11. The summed E-state index contributed by atoms with van der Waals surface area (Å²) in [6.45, 7) is 4.35. The second-order valence-corrected chi connectivity index (χ2v) is 6.27. The molecule has 4 rings (SSSR count). The third-order valence-corrected chi connectivity index (χ3v) is 4.48. The van der Waals surface area contributed by atoms with E-state index >= 15 is 0 Å². The summed E-state index contributed by atoms with van der Waals surface area (Å²) in [5.41, 5.74) is 3.63. The van der Waals surface area contributed by atoms with Crippen LogP contribution in [0.1, 0.15) is 24.0 Å². The molecule has 1 aliphatic heterocycles. The number of H-pyrrole nitrogens is 1. The largest absolute Gasteiger partial charge is 0.366 e. The van der Waals surface area contributed by atoms with Gasteiger partial charge >= 0.3 is 0 Å². The average Bonchev–Trinajstić information content (AvgIpc) is 3.24. The molecule has 0 aliphatic carbocycles. The van der Waals surface area contributed by atoms with Gasteiger partial charge in [0, 0.05) is 24.7 Å². The number of likely N-dealkylation sites (tertiary alicyclic amines) is 1. The molecule has 3 aromatic rings. The lowest BCUT2D eigenvalue weighted by atomic mass is 10.1. The first-order valence-corrected chi connectivity index (χ1v) is 8.35. The van der Waals surface area contributed by atoms with Gasteiger partial charge in [0.15, 0.2) is 0 Å². The lowest BCUT2D eigenvalue weighted by molar-refractivity contribution is 0.331. The van der Waals surface area contributed by atoms with Gasteiger partial charge in [-0.15, -0.1) is 0 Å². The number of hydrogen-bond acceptors (Lipinski definition) is 3. The number of hydrogen-bond donors (Lipinski definition) is 2. The quantitative estimate of drug-likeness (QED) is 0.754. The van der Waals surface area contributed by atoms with Gasteiger partial charge in [0.1, 0.15) is 11.5 Å². The Balaban J connectivity index is 1.41. The fourth-order valence-corrected chi connectivity index (χ4v) is 3.26. The minimum atomic E-state index is 0.799. The van der Waals surface area contributed by atoms with Gasteiger partial charge in [0.05, 0.1) is 0 Å². The second kappa shape index (κ2) is 6.42. The molecule has 4 nitrogen and oxygen atoms in total.